The number of hydrogen-bond acceptors (Lipinski definition) is 4. The van der Waals surface area contributed by atoms with Crippen LogP contribution in [0.4, 0.5) is 5.82 Å². The second-order valence-corrected chi connectivity index (χ2v) is 5.95. The first-order valence-electron chi connectivity index (χ1n) is 7.11. The topological polar surface area (TPSA) is 72.9 Å². The van der Waals surface area contributed by atoms with Gasteiger partial charge in [-0.3, -0.25) is 4.79 Å². The molecule has 2 atom stereocenters. The molecule has 0 bridgehead atoms. The highest BCUT2D eigenvalue weighted by molar-refractivity contribution is 5.30. The van der Waals surface area contributed by atoms with E-state index in [4.69, 9.17) is 5.73 Å². The molecule has 1 aliphatic rings. The second-order valence-electron chi connectivity index (χ2n) is 5.95. The number of rotatable bonds is 5. The summed E-state index contributed by atoms with van der Waals surface area (Å²) < 4.78 is 1.72. The van der Waals surface area contributed by atoms with Crippen molar-refractivity contribution < 1.29 is 0 Å². The first-order valence-corrected chi connectivity index (χ1v) is 7.11. The van der Waals surface area contributed by atoms with Crippen molar-refractivity contribution >= 4 is 5.82 Å². The molecule has 3 N–H and O–H groups in total. The summed E-state index contributed by atoms with van der Waals surface area (Å²) in [5, 5.41) is 3.19. The van der Waals surface area contributed by atoms with E-state index in [1.165, 1.54) is 0 Å². The summed E-state index contributed by atoms with van der Waals surface area (Å²) in [6.07, 6.45) is 6.71. The lowest BCUT2D eigenvalue weighted by molar-refractivity contribution is 0.508. The number of nitrogens with one attached hydrogen (secondary N) is 1. The minimum absolute atomic E-state index is 0.0292. The molecule has 1 heterocycles. The third-order valence-electron chi connectivity index (χ3n) is 3.62. The maximum absolute atomic E-state index is 12.2. The molecule has 1 saturated carbocycles. The average Bonchev–Trinajstić information content (AvgIpc) is 2.76. The minimum Gasteiger partial charge on any atom is -0.365 e. The SMILES string of the molecule is CC(C)Cn1ccnc(NCC2CCC(N)C2)c1=O. The van der Waals surface area contributed by atoms with Crippen molar-refractivity contribution in [1.82, 2.24) is 9.55 Å². The van der Waals surface area contributed by atoms with Gasteiger partial charge in [-0.25, -0.2) is 4.98 Å². The van der Waals surface area contributed by atoms with Crippen LogP contribution in [0.1, 0.15) is 33.1 Å². The Morgan fingerprint density at radius 2 is 2.32 bits per heavy atom. The molecule has 1 aliphatic carbocycles. The third kappa shape index (κ3) is 3.80. The summed E-state index contributed by atoms with van der Waals surface area (Å²) in [5.41, 5.74) is 5.86. The maximum Gasteiger partial charge on any atom is 0.293 e. The van der Waals surface area contributed by atoms with Crippen LogP contribution < -0.4 is 16.6 Å². The largest absolute Gasteiger partial charge is 0.365 e. The van der Waals surface area contributed by atoms with Crippen molar-refractivity contribution in [2.75, 3.05) is 11.9 Å². The Hall–Kier alpha value is -1.36. The van der Waals surface area contributed by atoms with Crippen LogP contribution in [-0.4, -0.2) is 22.1 Å². The van der Waals surface area contributed by atoms with Crippen molar-refractivity contribution in [2.45, 2.75) is 45.7 Å². The van der Waals surface area contributed by atoms with E-state index in [1.54, 1.807) is 17.0 Å². The molecule has 1 aromatic heterocycles. The molecule has 0 spiro atoms. The molecule has 106 valence electrons. The Balaban J connectivity index is 1.98. The molecule has 0 radical (unpaired) electrons. The van der Waals surface area contributed by atoms with Gasteiger partial charge in [0.2, 0.25) is 0 Å². The van der Waals surface area contributed by atoms with Gasteiger partial charge < -0.3 is 15.6 Å². The van der Waals surface area contributed by atoms with Gasteiger partial charge in [0.15, 0.2) is 5.82 Å². The van der Waals surface area contributed by atoms with E-state index in [0.29, 0.717) is 23.7 Å². The van der Waals surface area contributed by atoms with Gasteiger partial charge in [-0.2, -0.15) is 0 Å². The van der Waals surface area contributed by atoms with E-state index >= 15 is 0 Å². The summed E-state index contributed by atoms with van der Waals surface area (Å²) in [5.74, 6) is 1.47. The Kier molecular flexibility index (Phi) is 4.58. The standard InChI is InChI=1S/C14H24N4O/c1-10(2)9-18-6-5-16-13(14(18)19)17-8-11-3-4-12(15)7-11/h5-6,10-12H,3-4,7-9,15H2,1-2H3,(H,16,17). The highest BCUT2D eigenvalue weighted by atomic mass is 16.1. The zero-order chi connectivity index (χ0) is 13.8. The number of nitrogens with zero attached hydrogens (tertiary/aromatic N) is 2. The van der Waals surface area contributed by atoms with Crippen LogP contribution in [0.3, 0.4) is 0 Å². The fourth-order valence-corrected chi connectivity index (χ4v) is 2.65. The molecule has 0 aliphatic heterocycles. The average molecular weight is 264 g/mol. The smallest absolute Gasteiger partial charge is 0.293 e. The molecule has 0 amide bonds. The van der Waals surface area contributed by atoms with E-state index < -0.39 is 0 Å². The summed E-state index contributed by atoms with van der Waals surface area (Å²) >= 11 is 0. The van der Waals surface area contributed by atoms with Crippen molar-refractivity contribution in [2.24, 2.45) is 17.6 Å². The van der Waals surface area contributed by atoms with Gasteiger partial charge in [0.05, 0.1) is 0 Å². The first-order chi connectivity index (χ1) is 9.06. The molecular formula is C14H24N4O. The van der Waals surface area contributed by atoms with Gasteiger partial charge in [-0.15, -0.1) is 0 Å². The van der Waals surface area contributed by atoms with Gasteiger partial charge in [-0.1, -0.05) is 13.8 Å². The predicted octanol–water partition coefficient (Wildman–Crippen LogP) is 1.44. The van der Waals surface area contributed by atoms with E-state index in [2.05, 4.69) is 24.1 Å². The third-order valence-corrected chi connectivity index (χ3v) is 3.62. The highest BCUT2D eigenvalue weighted by Gasteiger charge is 2.21. The fourth-order valence-electron chi connectivity index (χ4n) is 2.65. The molecule has 0 aromatic carbocycles. The predicted molar refractivity (Wildman–Crippen MR) is 77.1 cm³/mol. The van der Waals surface area contributed by atoms with E-state index in [1.807, 2.05) is 0 Å². The van der Waals surface area contributed by atoms with Gasteiger partial charge in [0.1, 0.15) is 0 Å². The highest BCUT2D eigenvalue weighted by Crippen LogP contribution is 2.23. The molecule has 5 nitrogen and oxygen atoms in total. The molecule has 1 aromatic rings. The number of aromatic nitrogens is 2. The first kappa shape index (κ1) is 14.1. The Morgan fingerprint density at radius 1 is 1.53 bits per heavy atom. The minimum atomic E-state index is -0.0292. The summed E-state index contributed by atoms with van der Waals surface area (Å²) in [6.45, 7) is 5.71. The molecule has 2 unspecified atom stereocenters. The zero-order valence-corrected chi connectivity index (χ0v) is 11.8. The van der Waals surface area contributed by atoms with E-state index in [0.717, 1.165) is 32.4 Å². The van der Waals surface area contributed by atoms with Crippen LogP contribution >= 0.6 is 0 Å². The van der Waals surface area contributed by atoms with Crippen LogP contribution in [0, 0.1) is 11.8 Å². The fraction of sp³-hybridized carbons (Fsp3) is 0.714. The number of nitrogens with two attached hydrogens (primary N) is 1. The van der Waals surface area contributed by atoms with Gasteiger partial charge in [-0.05, 0) is 31.1 Å². The lowest BCUT2D eigenvalue weighted by Crippen LogP contribution is -2.27. The zero-order valence-electron chi connectivity index (χ0n) is 11.8. The number of hydrogen-bond donors (Lipinski definition) is 2. The van der Waals surface area contributed by atoms with E-state index in [-0.39, 0.29) is 5.56 Å². The molecule has 2 rings (SSSR count). The van der Waals surface area contributed by atoms with Gasteiger partial charge in [0, 0.05) is 31.5 Å². The molecule has 19 heavy (non-hydrogen) atoms. The molecule has 5 heteroatoms. The Morgan fingerprint density at radius 3 is 2.95 bits per heavy atom. The second kappa shape index (κ2) is 6.19. The van der Waals surface area contributed by atoms with Crippen molar-refractivity contribution in [3.63, 3.8) is 0 Å². The molecule has 0 saturated heterocycles. The summed E-state index contributed by atoms with van der Waals surface area (Å²) in [4.78, 5) is 16.3. The van der Waals surface area contributed by atoms with Crippen LogP contribution in [0.2, 0.25) is 0 Å². The van der Waals surface area contributed by atoms with Crippen molar-refractivity contribution in [3.05, 3.63) is 22.7 Å². The summed E-state index contributed by atoms with van der Waals surface area (Å²) in [7, 11) is 0. The van der Waals surface area contributed by atoms with Crippen molar-refractivity contribution in [1.29, 1.82) is 0 Å². The molecule has 1 fully saturated rings. The number of anilines is 1. The van der Waals surface area contributed by atoms with Gasteiger partial charge >= 0.3 is 0 Å². The lowest BCUT2D eigenvalue weighted by Gasteiger charge is -2.13. The monoisotopic (exact) mass is 264 g/mol. The van der Waals surface area contributed by atoms with E-state index in [9.17, 15) is 4.79 Å². The normalized spacial score (nSPS) is 22.9. The van der Waals surface area contributed by atoms with Crippen LogP contribution in [0.15, 0.2) is 17.2 Å². The lowest BCUT2D eigenvalue weighted by atomic mass is 10.1. The van der Waals surface area contributed by atoms with Crippen LogP contribution in [0.25, 0.3) is 0 Å². The van der Waals surface area contributed by atoms with Gasteiger partial charge in [0.25, 0.3) is 5.56 Å². The maximum atomic E-state index is 12.2. The quantitative estimate of drug-likeness (QED) is 0.844. The molecular weight excluding hydrogens is 240 g/mol. The van der Waals surface area contributed by atoms with Crippen LogP contribution in [0.5, 0.6) is 0 Å². The van der Waals surface area contributed by atoms with Crippen molar-refractivity contribution in [3.8, 4) is 0 Å². The Labute approximate surface area is 114 Å². The summed E-state index contributed by atoms with van der Waals surface area (Å²) in [6, 6.07) is 0.327. The van der Waals surface area contributed by atoms with Crippen LogP contribution in [-0.2, 0) is 6.54 Å². The Bertz CT molecular complexity index is 469.